The van der Waals surface area contributed by atoms with Crippen LogP contribution in [0.25, 0.3) is 0 Å². The van der Waals surface area contributed by atoms with E-state index in [9.17, 15) is 8.42 Å². The van der Waals surface area contributed by atoms with Gasteiger partial charge in [0.1, 0.15) is 0 Å². The maximum atomic E-state index is 12.0. The molecule has 0 saturated heterocycles. The van der Waals surface area contributed by atoms with Gasteiger partial charge < -0.3 is 5.73 Å². The van der Waals surface area contributed by atoms with Gasteiger partial charge in [-0.1, -0.05) is 12.1 Å². The second kappa shape index (κ2) is 5.46. The monoisotopic (exact) mass is 241 g/mol. The van der Waals surface area contributed by atoms with Crippen molar-refractivity contribution in [2.45, 2.75) is 31.6 Å². The number of benzene rings is 1. The molecule has 0 fully saturated rings. The molecule has 0 radical (unpaired) electrons. The third kappa shape index (κ3) is 3.32. The van der Waals surface area contributed by atoms with Gasteiger partial charge in [-0.25, -0.2) is 8.42 Å². The van der Waals surface area contributed by atoms with Gasteiger partial charge in [0.25, 0.3) is 0 Å². The number of sulfone groups is 1. The summed E-state index contributed by atoms with van der Waals surface area (Å²) in [6, 6.07) is 5.52. The molecular formula is C12H19NO2S. The number of nitrogens with two attached hydrogens (primary N) is 1. The van der Waals surface area contributed by atoms with Crippen LogP contribution in [-0.2, 0) is 9.84 Å². The molecule has 1 aromatic carbocycles. The molecular weight excluding hydrogens is 222 g/mol. The molecule has 0 spiro atoms. The molecule has 1 aromatic rings. The third-order valence-corrected chi connectivity index (χ3v) is 4.48. The second-order valence-electron chi connectivity index (χ2n) is 4.08. The van der Waals surface area contributed by atoms with Gasteiger partial charge in [0.15, 0.2) is 9.84 Å². The van der Waals surface area contributed by atoms with E-state index in [-0.39, 0.29) is 5.75 Å². The van der Waals surface area contributed by atoms with Crippen LogP contribution in [0.15, 0.2) is 23.1 Å². The molecule has 0 aliphatic heterocycles. The first-order chi connectivity index (χ1) is 7.47. The first kappa shape index (κ1) is 13.2. The number of hydrogen-bond donors (Lipinski definition) is 1. The molecule has 0 bridgehead atoms. The zero-order valence-electron chi connectivity index (χ0n) is 9.86. The summed E-state index contributed by atoms with van der Waals surface area (Å²) in [4.78, 5) is 0.463. The van der Waals surface area contributed by atoms with Crippen molar-refractivity contribution in [1.82, 2.24) is 0 Å². The van der Waals surface area contributed by atoms with Crippen LogP contribution in [0.4, 0.5) is 0 Å². The van der Waals surface area contributed by atoms with Crippen molar-refractivity contribution in [3.63, 3.8) is 0 Å². The SMILES string of the molecule is Cc1ccc(C)c(S(=O)(=O)CCCCN)c1. The third-order valence-electron chi connectivity index (χ3n) is 2.55. The number of rotatable bonds is 5. The van der Waals surface area contributed by atoms with E-state index in [1.54, 1.807) is 6.07 Å². The van der Waals surface area contributed by atoms with Crippen LogP contribution in [0.3, 0.4) is 0 Å². The highest BCUT2D eigenvalue weighted by molar-refractivity contribution is 7.91. The molecule has 0 aliphatic carbocycles. The molecule has 0 amide bonds. The normalized spacial score (nSPS) is 11.7. The highest BCUT2D eigenvalue weighted by Crippen LogP contribution is 2.19. The predicted molar refractivity (Wildman–Crippen MR) is 66.3 cm³/mol. The van der Waals surface area contributed by atoms with E-state index in [0.29, 0.717) is 17.9 Å². The van der Waals surface area contributed by atoms with Gasteiger partial charge in [-0.05, 0) is 50.4 Å². The van der Waals surface area contributed by atoms with Crippen molar-refractivity contribution in [2.75, 3.05) is 12.3 Å². The molecule has 4 heteroatoms. The summed E-state index contributed by atoms with van der Waals surface area (Å²) in [6.45, 7) is 4.27. The van der Waals surface area contributed by atoms with Gasteiger partial charge >= 0.3 is 0 Å². The van der Waals surface area contributed by atoms with Gasteiger partial charge in [0.05, 0.1) is 10.6 Å². The Balaban J connectivity index is 2.93. The van der Waals surface area contributed by atoms with Crippen molar-refractivity contribution in [3.05, 3.63) is 29.3 Å². The first-order valence-electron chi connectivity index (χ1n) is 5.47. The fourth-order valence-electron chi connectivity index (χ4n) is 1.59. The summed E-state index contributed by atoms with van der Waals surface area (Å²) in [5.74, 6) is 0.189. The van der Waals surface area contributed by atoms with E-state index in [0.717, 1.165) is 17.5 Å². The van der Waals surface area contributed by atoms with Crippen molar-refractivity contribution in [3.8, 4) is 0 Å². The Bertz CT molecular complexity index is 452. The highest BCUT2D eigenvalue weighted by Gasteiger charge is 2.16. The Kier molecular flexibility index (Phi) is 4.50. The van der Waals surface area contributed by atoms with Crippen LogP contribution in [0.1, 0.15) is 24.0 Å². The molecule has 90 valence electrons. The van der Waals surface area contributed by atoms with E-state index in [2.05, 4.69) is 0 Å². The Labute approximate surface area is 97.6 Å². The first-order valence-corrected chi connectivity index (χ1v) is 7.12. The molecule has 1 rings (SSSR count). The molecule has 0 aromatic heterocycles. The van der Waals surface area contributed by atoms with Crippen LogP contribution < -0.4 is 5.73 Å². The van der Waals surface area contributed by atoms with Crippen LogP contribution >= 0.6 is 0 Å². The quantitative estimate of drug-likeness (QED) is 0.800. The molecule has 2 N–H and O–H groups in total. The van der Waals surface area contributed by atoms with Crippen molar-refractivity contribution in [2.24, 2.45) is 5.73 Å². The van der Waals surface area contributed by atoms with Crippen LogP contribution in [-0.4, -0.2) is 20.7 Å². The lowest BCUT2D eigenvalue weighted by molar-refractivity contribution is 0.591. The summed E-state index contributed by atoms with van der Waals surface area (Å²) in [5.41, 5.74) is 7.15. The molecule has 0 aliphatic rings. The minimum atomic E-state index is -3.14. The van der Waals surface area contributed by atoms with Crippen LogP contribution in [0.2, 0.25) is 0 Å². The standard InChI is InChI=1S/C12H19NO2S/c1-10-5-6-11(2)12(9-10)16(14,15)8-4-3-7-13/h5-6,9H,3-4,7-8,13H2,1-2H3. The smallest absolute Gasteiger partial charge is 0.178 e. The number of hydrogen-bond acceptors (Lipinski definition) is 3. The molecule has 0 heterocycles. The maximum absolute atomic E-state index is 12.0. The Morgan fingerprint density at radius 3 is 2.50 bits per heavy atom. The maximum Gasteiger partial charge on any atom is 0.178 e. The summed E-state index contributed by atoms with van der Waals surface area (Å²) < 4.78 is 24.1. The van der Waals surface area contributed by atoms with E-state index in [1.807, 2.05) is 26.0 Å². The van der Waals surface area contributed by atoms with E-state index in [4.69, 9.17) is 5.73 Å². The predicted octanol–water partition coefficient (Wildman–Crippen LogP) is 1.82. The van der Waals surface area contributed by atoms with Crippen molar-refractivity contribution >= 4 is 9.84 Å². The van der Waals surface area contributed by atoms with Crippen molar-refractivity contribution < 1.29 is 8.42 Å². The minimum absolute atomic E-state index is 0.189. The zero-order chi connectivity index (χ0) is 12.2. The van der Waals surface area contributed by atoms with Gasteiger partial charge in [-0.15, -0.1) is 0 Å². The number of aryl methyl sites for hydroxylation is 2. The van der Waals surface area contributed by atoms with Gasteiger partial charge in [0.2, 0.25) is 0 Å². The fraction of sp³-hybridized carbons (Fsp3) is 0.500. The number of unbranched alkanes of at least 4 members (excludes halogenated alkanes) is 1. The molecule has 0 unspecified atom stereocenters. The van der Waals surface area contributed by atoms with E-state index in [1.165, 1.54) is 0 Å². The van der Waals surface area contributed by atoms with Crippen LogP contribution in [0, 0.1) is 13.8 Å². The Morgan fingerprint density at radius 1 is 1.19 bits per heavy atom. The van der Waals surface area contributed by atoms with E-state index >= 15 is 0 Å². The molecule has 3 nitrogen and oxygen atoms in total. The zero-order valence-corrected chi connectivity index (χ0v) is 10.7. The van der Waals surface area contributed by atoms with E-state index < -0.39 is 9.84 Å². The summed E-state index contributed by atoms with van der Waals surface area (Å²) >= 11 is 0. The van der Waals surface area contributed by atoms with Crippen LogP contribution in [0.5, 0.6) is 0 Å². The average Bonchev–Trinajstić information content (AvgIpc) is 2.22. The second-order valence-corrected chi connectivity index (χ2v) is 6.16. The fourth-order valence-corrected chi connectivity index (χ4v) is 3.32. The van der Waals surface area contributed by atoms with Gasteiger partial charge in [-0.2, -0.15) is 0 Å². The average molecular weight is 241 g/mol. The summed E-state index contributed by atoms with van der Waals surface area (Å²) in [7, 11) is -3.14. The lowest BCUT2D eigenvalue weighted by Crippen LogP contribution is -2.10. The largest absolute Gasteiger partial charge is 0.330 e. The summed E-state index contributed by atoms with van der Waals surface area (Å²) in [5, 5.41) is 0. The Hall–Kier alpha value is -0.870. The highest BCUT2D eigenvalue weighted by atomic mass is 32.2. The molecule has 16 heavy (non-hydrogen) atoms. The molecule has 0 atom stereocenters. The van der Waals surface area contributed by atoms with Crippen molar-refractivity contribution in [1.29, 1.82) is 0 Å². The minimum Gasteiger partial charge on any atom is -0.330 e. The Morgan fingerprint density at radius 2 is 1.88 bits per heavy atom. The van der Waals surface area contributed by atoms with Gasteiger partial charge in [0, 0.05) is 0 Å². The lowest BCUT2D eigenvalue weighted by atomic mass is 10.2. The summed E-state index contributed by atoms with van der Waals surface area (Å²) in [6.07, 6.45) is 1.39. The lowest BCUT2D eigenvalue weighted by Gasteiger charge is -2.08. The molecule has 0 saturated carbocycles. The topological polar surface area (TPSA) is 60.2 Å². The van der Waals surface area contributed by atoms with Gasteiger partial charge in [-0.3, -0.25) is 0 Å².